The fourth-order valence-corrected chi connectivity index (χ4v) is 1.96. The van der Waals surface area contributed by atoms with Gasteiger partial charge in [-0.25, -0.2) is 0 Å². The van der Waals surface area contributed by atoms with E-state index in [1.54, 1.807) is 50.4 Å². The number of hydrogen-bond acceptors (Lipinski definition) is 4. The normalized spacial score (nSPS) is 11.4. The standard InChI is InChI=1S/C18H21NO4/c1-4-22-16-7-5-14(6-8-16)19-18(20)13(2)23-17-11-9-15(21-3)10-12-17/h5-13H,4H2,1-3H3,(H,19,20)/t13-/m1/s1. The van der Waals surface area contributed by atoms with Gasteiger partial charge in [0, 0.05) is 5.69 Å². The van der Waals surface area contributed by atoms with Crippen LogP contribution in [0.3, 0.4) is 0 Å². The van der Waals surface area contributed by atoms with Gasteiger partial charge in [0.15, 0.2) is 6.10 Å². The second-order valence-corrected chi connectivity index (χ2v) is 4.88. The Hall–Kier alpha value is -2.69. The summed E-state index contributed by atoms with van der Waals surface area (Å²) < 4.78 is 16.1. The summed E-state index contributed by atoms with van der Waals surface area (Å²) in [5, 5.41) is 2.81. The Morgan fingerprint density at radius 3 is 2.13 bits per heavy atom. The van der Waals surface area contributed by atoms with Crippen LogP contribution in [0.5, 0.6) is 17.2 Å². The average molecular weight is 315 g/mol. The van der Waals surface area contributed by atoms with Gasteiger partial charge in [-0.3, -0.25) is 4.79 Å². The molecule has 0 aliphatic carbocycles. The highest BCUT2D eigenvalue weighted by Gasteiger charge is 2.15. The minimum Gasteiger partial charge on any atom is -0.497 e. The van der Waals surface area contributed by atoms with E-state index in [9.17, 15) is 4.79 Å². The predicted octanol–water partition coefficient (Wildman–Crippen LogP) is 3.50. The van der Waals surface area contributed by atoms with Gasteiger partial charge in [0.1, 0.15) is 17.2 Å². The van der Waals surface area contributed by atoms with Crippen molar-refractivity contribution in [2.24, 2.45) is 0 Å². The summed E-state index contributed by atoms with van der Waals surface area (Å²) in [5.41, 5.74) is 0.698. The molecule has 122 valence electrons. The quantitative estimate of drug-likeness (QED) is 0.849. The Kier molecular flexibility index (Phi) is 5.86. The van der Waals surface area contributed by atoms with Crippen molar-refractivity contribution in [2.75, 3.05) is 19.0 Å². The molecule has 0 unspecified atom stereocenters. The lowest BCUT2D eigenvalue weighted by atomic mass is 10.2. The van der Waals surface area contributed by atoms with E-state index in [4.69, 9.17) is 14.2 Å². The number of benzene rings is 2. The summed E-state index contributed by atoms with van der Waals surface area (Å²) in [4.78, 5) is 12.2. The number of nitrogens with one attached hydrogen (secondary N) is 1. The molecule has 2 rings (SSSR count). The van der Waals surface area contributed by atoms with Crippen molar-refractivity contribution in [3.63, 3.8) is 0 Å². The third-order valence-corrected chi connectivity index (χ3v) is 3.17. The first kappa shape index (κ1) is 16.7. The molecular weight excluding hydrogens is 294 g/mol. The lowest BCUT2D eigenvalue weighted by Crippen LogP contribution is -2.30. The van der Waals surface area contributed by atoms with Crippen LogP contribution in [0.1, 0.15) is 13.8 Å². The van der Waals surface area contributed by atoms with Crippen LogP contribution in [-0.2, 0) is 4.79 Å². The first-order valence-corrected chi connectivity index (χ1v) is 7.46. The number of methoxy groups -OCH3 is 1. The maximum atomic E-state index is 12.2. The van der Waals surface area contributed by atoms with Crippen molar-refractivity contribution < 1.29 is 19.0 Å². The molecule has 0 saturated heterocycles. The Labute approximate surface area is 136 Å². The smallest absolute Gasteiger partial charge is 0.265 e. The topological polar surface area (TPSA) is 56.8 Å². The van der Waals surface area contributed by atoms with E-state index in [1.807, 2.05) is 19.1 Å². The van der Waals surface area contributed by atoms with Crippen molar-refractivity contribution in [2.45, 2.75) is 20.0 Å². The van der Waals surface area contributed by atoms with E-state index in [2.05, 4.69) is 5.32 Å². The van der Waals surface area contributed by atoms with Gasteiger partial charge in [0.25, 0.3) is 5.91 Å². The number of amides is 1. The molecule has 0 saturated carbocycles. The Morgan fingerprint density at radius 1 is 1.00 bits per heavy atom. The van der Waals surface area contributed by atoms with Crippen LogP contribution in [0.15, 0.2) is 48.5 Å². The highest BCUT2D eigenvalue weighted by molar-refractivity contribution is 5.94. The van der Waals surface area contributed by atoms with Crippen LogP contribution in [0, 0.1) is 0 Å². The average Bonchev–Trinajstić information content (AvgIpc) is 2.57. The van der Waals surface area contributed by atoms with Crippen LogP contribution < -0.4 is 19.5 Å². The molecule has 0 aromatic heterocycles. The number of ether oxygens (including phenoxy) is 3. The first-order valence-electron chi connectivity index (χ1n) is 7.46. The molecule has 0 heterocycles. The molecule has 0 spiro atoms. The number of rotatable bonds is 7. The second-order valence-electron chi connectivity index (χ2n) is 4.88. The molecule has 5 nitrogen and oxygen atoms in total. The van der Waals surface area contributed by atoms with E-state index in [0.717, 1.165) is 11.5 Å². The van der Waals surface area contributed by atoms with E-state index >= 15 is 0 Å². The largest absolute Gasteiger partial charge is 0.497 e. The molecule has 2 aromatic rings. The van der Waals surface area contributed by atoms with E-state index in [1.165, 1.54) is 0 Å². The monoisotopic (exact) mass is 315 g/mol. The second kappa shape index (κ2) is 8.08. The van der Waals surface area contributed by atoms with Crippen LogP contribution in [-0.4, -0.2) is 25.7 Å². The summed E-state index contributed by atoms with van der Waals surface area (Å²) in [6.45, 7) is 4.24. The summed E-state index contributed by atoms with van der Waals surface area (Å²) in [6.07, 6.45) is -0.616. The molecular formula is C18H21NO4. The highest BCUT2D eigenvalue weighted by Crippen LogP contribution is 2.19. The van der Waals surface area contributed by atoms with Crippen LogP contribution in [0.25, 0.3) is 0 Å². The van der Waals surface area contributed by atoms with Crippen molar-refractivity contribution in [3.05, 3.63) is 48.5 Å². The number of carbonyl (C=O) groups is 1. The Morgan fingerprint density at radius 2 is 1.57 bits per heavy atom. The molecule has 0 fully saturated rings. The lowest BCUT2D eigenvalue weighted by Gasteiger charge is -2.15. The van der Waals surface area contributed by atoms with Crippen molar-refractivity contribution in [1.82, 2.24) is 0 Å². The molecule has 1 N–H and O–H groups in total. The molecule has 0 aliphatic heterocycles. The van der Waals surface area contributed by atoms with Crippen molar-refractivity contribution in [1.29, 1.82) is 0 Å². The lowest BCUT2D eigenvalue weighted by molar-refractivity contribution is -0.122. The third kappa shape index (κ3) is 4.92. The van der Waals surface area contributed by atoms with Gasteiger partial charge in [-0.05, 0) is 62.4 Å². The number of anilines is 1. The van der Waals surface area contributed by atoms with E-state index in [0.29, 0.717) is 18.0 Å². The first-order chi connectivity index (χ1) is 11.1. The molecule has 1 atom stereocenters. The van der Waals surface area contributed by atoms with Crippen molar-refractivity contribution >= 4 is 11.6 Å². The van der Waals surface area contributed by atoms with Gasteiger partial charge in [-0.15, -0.1) is 0 Å². The number of hydrogen-bond donors (Lipinski definition) is 1. The highest BCUT2D eigenvalue weighted by atomic mass is 16.5. The zero-order valence-corrected chi connectivity index (χ0v) is 13.5. The molecule has 0 bridgehead atoms. The van der Waals surface area contributed by atoms with Gasteiger partial charge in [-0.1, -0.05) is 0 Å². The van der Waals surface area contributed by atoms with Gasteiger partial charge in [0.05, 0.1) is 13.7 Å². The molecule has 0 aliphatic rings. The third-order valence-electron chi connectivity index (χ3n) is 3.17. The minimum absolute atomic E-state index is 0.218. The van der Waals surface area contributed by atoms with Gasteiger partial charge < -0.3 is 19.5 Å². The Balaban J connectivity index is 1.90. The fourth-order valence-electron chi connectivity index (χ4n) is 1.96. The number of carbonyl (C=O) groups excluding carboxylic acids is 1. The SMILES string of the molecule is CCOc1ccc(NC(=O)[C@@H](C)Oc2ccc(OC)cc2)cc1. The van der Waals surface area contributed by atoms with E-state index < -0.39 is 6.10 Å². The van der Waals surface area contributed by atoms with Gasteiger partial charge >= 0.3 is 0 Å². The molecule has 0 radical (unpaired) electrons. The van der Waals surface area contributed by atoms with Crippen LogP contribution in [0.4, 0.5) is 5.69 Å². The summed E-state index contributed by atoms with van der Waals surface area (Å²) in [7, 11) is 1.60. The zero-order valence-electron chi connectivity index (χ0n) is 13.5. The van der Waals surface area contributed by atoms with Crippen LogP contribution >= 0.6 is 0 Å². The minimum atomic E-state index is -0.616. The Bertz CT molecular complexity index is 622. The summed E-state index contributed by atoms with van der Waals surface area (Å²) in [5.74, 6) is 1.90. The predicted molar refractivity (Wildman–Crippen MR) is 89.3 cm³/mol. The van der Waals surface area contributed by atoms with E-state index in [-0.39, 0.29) is 5.91 Å². The van der Waals surface area contributed by atoms with Crippen molar-refractivity contribution in [3.8, 4) is 17.2 Å². The van der Waals surface area contributed by atoms with Crippen LogP contribution in [0.2, 0.25) is 0 Å². The molecule has 5 heteroatoms. The molecule has 2 aromatic carbocycles. The zero-order chi connectivity index (χ0) is 16.7. The maximum absolute atomic E-state index is 12.2. The summed E-state index contributed by atoms with van der Waals surface area (Å²) in [6, 6.07) is 14.3. The van der Waals surface area contributed by atoms with Gasteiger partial charge in [-0.2, -0.15) is 0 Å². The molecule has 1 amide bonds. The fraction of sp³-hybridized carbons (Fsp3) is 0.278. The van der Waals surface area contributed by atoms with Gasteiger partial charge in [0.2, 0.25) is 0 Å². The maximum Gasteiger partial charge on any atom is 0.265 e. The molecule has 23 heavy (non-hydrogen) atoms. The summed E-state index contributed by atoms with van der Waals surface area (Å²) >= 11 is 0.